The third-order valence-corrected chi connectivity index (χ3v) is 10.0. The molecule has 0 unspecified atom stereocenters. The molecule has 0 bridgehead atoms. The summed E-state index contributed by atoms with van der Waals surface area (Å²) in [6.07, 6.45) is 0. The fourth-order valence-corrected chi connectivity index (χ4v) is 6.51. The number of ether oxygens (including phenoxy) is 16. The van der Waals surface area contributed by atoms with Gasteiger partial charge in [0.2, 0.25) is 0 Å². The largest absolute Gasteiger partial charge is 0.491 e. The van der Waals surface area contributed by atoms with Gasteiger partial charge in [-0.1, -0.05) is 48.5 Å². The van der Waals surface area contributed by atoms with E-state index in [4.69, 9.17) is 75.8 Å². The minimum atomic E-state index is 0.397. The monoisotopic (exact) mass is 981 g/mol. The summed E-state index contributed by atoms with van der Waals surface area (Å²) in [5.41, 5.74) is 5.92. The Morgan fingerprint density at radius 3 is 0.543 bits per heavy atom. The molecule has 0 amide bonds. The van der Waals surface area contributed by atoms with Crippen LogP contribution in [0.4, 0.5) is 0 Å². The third kappa shape index (κ3) is 24.9. The zero-order valence-electron chi connectivity index (χ0n) is 41.7. The average Bonchev–Trinajstić information content (AvgIpc) is 3.39. The van der Waals surface area contributed by atoms with Gasteiger partial charge in [-0.05, 0) is 81.9 Å². The first-order valence-electron chi connectivity index (χ1n) is 23.9. The summed E-state index contributed by atoms with van der Waals surface area (Å²) in [5.74, 6) is 2.91. The van der Waals surface area contributed by atoms with E-state index < -0.39 is 0 Å². The van der Waals surface area contributed by atoms with Crippen molar-refractivity contribution in [1.82, 2.24) is 0 Å². The molecule has 0 spiro atoms. The molecule has 0 aromatic heterocycles. The molecule has 0 heterocycles. The van der Waals surface area contributed by atoms with Crippen molar-refractivity contribution in [3.8, 4) is 23.0 Å². The molecule has 0 fully saturated rings. The van der Waals surface area contributed by atoms with Gasteiger partial charge in [0, 0.05) is 28.4 Å². The quantitative estimate of drug-likeness (QED) is 0.0333. The zero-order chi connectivity index (χ0) is 49.4. The van der Waals surface area contributed by atoms with E-state index in [2.05, 4.69) is 48.5 Å². The second kappa shape index (κ2) is 39.0. The van der Waals surface area contributed by atoms with E-state index in [1.807, 2.05) is 48.5 Å². The van der Waals surface area contributed by atoms with Gasteiger partial charge in [0.1, 0.15) is 49.4 Å². The van der Waals surface area contributed by atoms with Gasteiger partial charge in [-0.15, -0.1) is 0 Å². The van der Waals surface area contributed by atoms with Crippen LogP contribution in [0.3, 0.4) is 0 Å². The van der Waals surface area contributed by atoms with Crippen LogP contribution in [-0.2, 0) is 56.8 Å². The molecular formula is C54H76O16. The molecular weight excluding hydrogens is 905 g/mol. The highest BCUT2D eigenvalue weighted by atomic mass is 16.6. The van der Waals surface area contributed by atoms with E-state index in [1.165, 1.54) is 0 Å². The predicted octanol–water partition coefficient (Wildman–Crippen LogP) is 6.93. The molecule has 70 heavy (non-hydrogen) atoms. The lowest BCUT2D eigenvalue weighted by Gasteiger charge is -2.19. The Balaban J connectivity index is 1.57. The van der Waals surface area contributed by atoms with Crippen molar-refractivity contribution in [1.29, 1.82) is 0 Å². The molecule has 0 aliphatic heterocycles. The maximum atomic E-state index is 6.09. The number of benzene rings is 4. The minimum Gasteiger partial charge on any atom is -0.491 e. The van der Waals surface area contributed by atoms with Crippen LogP contribution in [-0.4, -0.2) is 187 Å². The van der Waals surface area contributed by atoms with Gasteiger partial charge in [-0.3, -0.25) is 0 Å². The van der Waals surface area contributed by atoms with Crippen LogP contribution >= 0.6 is 0 Å². The molecule has 0 aliphatic carbocycles. The van der Waals surface area contributed by atoms with E-state index >= 15 is 0 Å². The van der Waals surface area contributed by atoms with Crippen molar-refractivity contribution in [3.05, 3.63) is 119 Å². The van der Waals surface area contributed by atoms with Crippen molar-refractivity contribution in [3.63, 3.8) is 0 Å². The molecule has 0 saturated carbocycles. The lowest BCUT2D eigenvalue weighted by Crippen LogP contribution is -2.12. The molecule has 4 rings (SSSR count). The lowest BCUT2D eigenvalue weighted by atomic mass is 9.85. The van der Waals surface area contributed by atoms with E-state index in [0.717, 1.165) is 56.4 Å². The standard InChI is InChI=1S/C54H76O16/c1-55-21-25-59-29-33-63-37-41-67-49-13-5-45(6-14-49)53(46-7-15-50(16-8-46)68-42-38-64-34-30-60-26-22-56-2)54(47-9-17-51(18-10-47)69-43-39-65-35-31-61-27-23-57-3)48-11-19-52(20-12-48)70-44-40-66-36-32-62-28-24-58-4/h5-20H,21-44H2,1-4H3. The Morgan fingerprint density at radius 1 is 0.214 bits per heavy atom. The summed E-state index contributed by atoms with van der Waals surface area (Å²) < 4.78 is 89.2. The second-order valence-electron chi connectivity index (χ2n) is 15.1. The van der Waals surface area contributed by atoms with Gasteiger partial charge in [0.15, 0.2) is 0 Å². The molecule has 0 N–H and O–H groups in total. The molecule has 0 atom stereocenters. The third-order valence-electron chi connectivity index (χ3n) is 10.0. The zero-order valence-corrected chi connectivity index (χ0v) is 41.7. The number of hydrogen-bond donors (Lipinski definition) is 0. The van der Waals surface area contributed by atoms with Gasteiger partial charge in [-0.25, -0.2) is 0 Å². The summed E-state index contributed by atoms with van der Waals surface area (Å²) in [5, 5.41) is 0. The highest BCUT2D eigenvalue weighted by Crippen LogP contribution is 2.39. The van der Waals surface area contributed by atoms with Crippen molar-refractivity contribution < 1.29 is 75.8 Å². The van der Waals surface area contributed by atoms with Gasteiger partial charge in [-0.2, -0.15) is 0 Å². The first-order valence-corrected chi connectivity index (χ1v) is 23.9. The molecule has 0 aliphatic rings. The SMILES string of the molecule is COCCOCCOCCOc1ccc(C(=C(c2ccc(OCCOCCOCCOC)cc2)c2ccc(OCCOCCOCCOC)cc2)c2ccc(OCCOCCOCCOC)cc2)cc1. The highest BCUT2D eigenvalue weighted by molar-refractivity contribution is 6.04. The average molecular weight is 981 g/mol. The Kier molecular flexibility index (Phi) is 32.3. The first kappa shape index (κ1) is 57.9. The molecule has 0 radical (unpaired) electrons. The van der Waals surface area contributed by atoms with Crippen LogP contribution in [0.1, 0.15) is 22.3 Å². The molecule has 4 aromatic carbocycles. The molecule has 16 nitrogen and oxygen atoms in total. The van der Waals surface area contributed by atoms with Crippen LogP contribution in [0.15, 0.2) is 97.1 Å². The number of hydrogen-bond acceptors (Lipinski definition) is 16. The van der Waals surface area contributed by atoms with Gasteiger partial charge in [0.25, 0.3) is 0 Å². The first-order chi connectivity index (χ1) is 34.7. The van der Waals surface area contributed by atoms with Crippen LogP contribution in [0.2, 0.25) is 0 Å². The highest BCUT2D eigenvalue weighted by Gasteiger charge is 2.18. The molecule has 4 aromatic rings. The van der Waals surface area contributed by atoms with Crippen molar-refractivity contribution in [2.75, 3.05) is 187 Å². The smallest absolute Gasteiger partial charge is 0.119 e. The normalized spacial score (nSPS) is 11.2. The summed E-state index contributed by atoms with van der Waals surface area (Å²) >= 11 is 0. The van der Waals surface area contributed by atoms with Crippen molar-refractivity contribution in [2.24, 2.45) is 0 Å². The minimum absolute atomic E-state index is 0.397. The van der Waals surface area contributed by atoms with Gasteiger partial charge < -0.3 is 75.8 Å². The Labute approximate surface area is 415 Å². The van der Waals surface area contributed by atoms with E-state index in [0.29, 0.717) is 159 Å². The maximum absolute atomic E-state index is 6.09. The lowest BCUT2D eigenvalue weighted by molar-refractivity contribution is 0.0180. The second-order valence-corrected chi connectivity index (χ2v) is 15.1. The molecule has 16 heteroatoms. The van der Waals surface area contributed by atoms with E-state index in [1.54, 1.807) is 28.4 Å². The van der Waals surface area contributed by atoms with Gasteiger partial charge >= 0.3 is 0 Å². The van der Waals surface area contributed by atoms with Crippen LogP contribution in [0, 0.1) is 0 Å². The summed E-state index contributed by atoms with van der Waals surface area (Å²) in [6.45, 7) is 11.6. The van der Waals surface area contributed by atoms with Gasteiger partial charge in [0.05, 0.1) is 132 Å². The summed E-state index contributed by atoms with van der Waals surface area (Å²) in [4.78, 5) is 0. The van der Waals surface area contributed by atoms with Crippen LogP contribution in [0.5, 0.6) is 23.0 Å². The predicted molar refractivity (Wildman–Crippen MR) is 267 cm³/mol. The topological polar surface area (TPSA) is 148 Å². The Morgan fingerprint density at radius 2 is 0.371 bits per heavy atom. The van der Waals surface area contributed by atoms with Crippen molar-refractivity contribution in [2.45, 2.75) is 0 Å². The Hall–Kier alpha value is -4.66. The Bertz CT molecular complexity index is 1600. The van der Waals surface area contributed by atoms with Crippen molar-refractivity contribution >= 4 is 11.1 Å². The summed E-state index contributed by atoms with van der Waals surface area (Å²) in [6, 6.07) is 32.5. The molecule has 388 valence electrons. The number of rotatable bonds is 44. The van der Waals surface area contributed by atoms with E-state index in [-0.39, 0.29) is 0 Å². The summed E-state index contributed by atoms with van der Waals surface area (Å²) in [7, 11) is 6.60. The number of methoxy groups -OCH3 is 4. The molecule has 0 saturated heterocycles. The van der Waals surface area contributed by atoms with Crippen LogP contribution in [0.25, 0.3) is 11.1 Å². The fourth-order valence-electron chi connectivity index (χ4n) is 6.51. The van der Waals surface area contributed by atoms with E-state index in [9.17, 15) is 0 Å². The maximum Gasteiger partial charge on any atom is 0.119 e. The fraction of sp³-hybridized carbons (Fsp3) is 0.519. The van der Waals surface area contributed by atoms with Crippen LogP contribution < -0.4 is 18.9 Å².